The minimum Gasteiger partial charge on any atom is -0.404 e. The molecule has 3 nitrogen and oxygen atoms in total. The molecule has 0 N–H and O–H groups in total. The van der Waals surface area contributed by atoms with Gasteiger partial charge in [0.25, 0.3) is 0 Å². The monoisotopic (exact) mass is 320 g/mol. The van der Waals surface area contributed by atoms with Crippen LogP contribution in [0, 0.1) is 0 Å². The zero-order valence-corrected chi connectivity index (χ0v) is 15.6. The third kappa shape index (κ3) is 3.67. The maximum Gasteiger partial charge on any atom is 0.193 e. The van der Waals surface area contributed by atoms with Crippen molar-refractivity contribution < 1.29 is 14.0 Å². The van der Waals surface area contributed by atoms with Crippen molar-refractivity contribution in [2.75, 3.05) is 0 Å². The first-order chi connectivity index (χ1) is 10.1. The van der Waals surface area contributed by atoms with Crippen molar-refractivity contribution in [1.29, 1.82) is 0 Å². The van der Waals surface area contributed by atoms with Crippen molar-refractivity contribution in [3.8, 4) is 0 Å². The number of ether oxygens (including phenoxy) is 1. The van der Waals surface area contributed by atoms with Crippen molar-refractivity contribution in [1.82, 2.24) is 0 Å². The van der Waals surface area contributed by atoms with E-state index in [4.69, 9.17) is 9.16 Å². The van der Waals surface area contributed by atoms with E-state index in [-0.39, 0.29) is 23.0 Å². The average Bonchev–Trinajstić information content (AvgIpc) is 2.42. The second-order valence-electron chi connectivity index (χ2n) is 7.71. The summed E-state index contributed by atoms with van der Waals surface area (Å²) >= 11 is 0. The van der Waals surface area contributed by atoms with Gasteiger partial charge in [-0.05, 0) is 30.6 Å². The first kappa shape index (κ1) is 17.4. The SMILES string of the molecule is C[C@@H]1O[C@@H](c2ccccc2)CC(=O)[C@H]1O[Si](C)(C)C(C)(C)C. The minimum absolute atomic E-state index is 0.0866. The number of carbonyl (C=O) groups excluding carboxylic acids is 1. The Morgan fingerprint density at radius 1 is 1.18 bits per heavy atom. The number of hydrogen-bond acceptors (Lipinski definition) is 3. The number of ketones is 1. The summed E-state index contributed by atoms with van der Waals surface area (Å²) in [4.78, 5) is 12.6. The van der Waals surface area contributed by atoms with Gasteiger partial charge < -0.3 is 9.16 Å². The Morgan fingerprint density at radius 3 is 2.27 bits per heavy atom. The van der Waals surface area contributed by atoms with Gasteiger partial charge in [-0.1, -0.05) is 51.1 Å². The zero-order chi connectivity index (χ0) is 16.5. The molecule has 0 radical (unpaired) electrons. The number of carbonyl (C=O) groups is 1. The number of rotatable bonds is 3. The first-order valence-electron chi connectivity index (χ1n) is 8.03. The molecule has 0 spiro atoms. The van der Waals surface area contributed by atoms with E-state index in [1.165, 1.54) is 0 Å². The fourth-order valence-corrected chi connectivity index (χ4v) is 3.77. The van der Waals surface area contributed by atoms with Crippen LogP contribution in [0.15, 0.2) is 30.3 Å². The van der Waals surface area contributed by atoms with E-state index in [0.717, 1.165) is 5.56 Å². The molecule has 1 heterocycles. The highest BCUT2D eigenvalue weighted by Gasteiger charge is 2.44. The van der Waals surface area contributed by atoms with E-state index in [2.05, 4.69) is 33.9 Å². The van der Waals surface area contributed by atoms with Gasteiger partial charge in [-0.3, -0.25) is 4.79 Å². The summed E-state index contributed by atoms with van der Waals surface area (Å²) in [5.74, 6) is 0.164. The van der Waals surface area contributed by atoms with Gasteiger partial charge in [0.05, 0.1) is 12.2 Å². The molecule has 1 saturated heterocycles. The second kappa shape index (κ2) is 6.26. The Morgan fingerprint density at radius 2 is 1.77 bits per heavy atom. The van der Waals surface area contributed by atoms with Crippen molar-refractivity contribution >= 4 is 14.1 Å². The van der Waals surface area contributed by atoms with Gasteiger partial charge in [-0.2, -0.15) is 0 Å². The third-order valence-electron chi connectivity index (χ3n) is 4.91. The topological polar surface area (TPSA) is 35.5 Å². The predicted octanol–water partition coefficient (Wildman–Crippen LogP) is 4.50. The summed E-state index contributed by atoms with van der Waals surface area (Å²) < 4.78 is 12.4. The fourth-order valence-electron chi connectivity index (χ4n) is 2.46. The van der Waals surface area contributed by atoms with Crippen LogP contribution >= 0.6 is 0 Å². The van der Waals surface area contributed by atoms with Gasteiger partial charge in [0.2, 0.25) is 0 Å². The molecule has 1 fully saturated rings. The van der Waals surface area contributed by atoms with E-state index in [1.807, 2.05) is 37.3 Å². The predicted molar refractivity (Wildman–Crippen MR) is 91.4 cm³/mol. The lowest BCUT2D eigenvalue weighted by Crippen LogP contribution is -2.52. The molecule has 1 aliphatic rings. The summed E-state index contributed by atoms with van der Waals surface area (Å²) in [6.45, 7) is 12.9. The highest BCUT2D eigenvalue weighted by molar-refractivity contribution is 6.74. The summed E-state index contributed by atoms with van der Waals surface area (Å²) in [7, 11) is -1.98. The molecule has 122 valence electrons. The molecule has 3 atom stereocenters. The van der Waals surface area contributed by atoms with Crippen LogP contribution in [0.25, 0.3) is 0 Å². The maximum absolute atomic E-state index is 12.6. The van der Waals surface area contributed by atoms with Crippen molar-refractivity contribution in [2.45, 2.75) is 70.6 Å². The zero-order valence-electron chi connectivity index (χ0n) is 14.6. The number of benzene rings is 1. The summed E-state index contributed by atoms with van der Waals surface area (Å²) in [6, 6.07) is 9.96. The lowest BCUT2D eigenvalue weighted by atomic mass is 9.96. The smallest absolute Gasteiger partial charge is 0.193 e. The molecular formula is C18H28O3Si. The lowest BCUT2D eigenvalue weighted by molar-refractivity contribution is -0.153. The van der Waals surface area contributed by atoms with Crippen molar-refractivity contribution in [2.24, 2.45) is 0 Å². The van der Waals surface area contributed by atoms with Crippen LogP contribution in [-0.2, 0) is 14.0 Å². The van der Waals surface area contributed by atoms with E-state index in [0.29, 0.717) is 6.42 Å². The Labute approximate surface area is 135 Å². The molecule has 1 aromatic rings. The van der Waals surface area contributed by atoms with Gasteiger partial charge in [0.15, 0.2) is 14.1 Å². The molecule has 0 saturated carbocycles. The van der Waals surface area contributed by atoms with Crippen LogP contribution < -0.4 is 0 Å². The molecule has 0 unspecified atom stereocenters. The average molecular weight is 321 g/mol. The molecule has 0 aromatic heterocycles. The van der Waals surface area contributed by atoms with Crippen molar-refractivity contribution in [3.63, 3.8) is 0 Å². The van der Waals surface area contributed by atoms with E-state index < -0.39 is 14.4 Å². The molecule has 0 amide bonds. The highest BCUT2D eigenvalue weighted by atomic mass is 28.4. The highest BCUT2D eigenvalue weighted by Crippen LogP contribution is 2.40. The quantitative estimate of drug-likeness (QED) is 0.769. The van der Waals surface area contributed by atoms with Gasteiger partial charge in [-0.15, -0.1) is 0 Å². The van der Waals surface area contributed by atoms with E-state index >= 15 is 0 Å². The van der Waals surface area contributed by atoms with Crippen LogP contribution in [0.3, 0.4) is 0 Å². The largest absolute Gasteiger partial charge is 0.404 e. The number of hydrogen-bond donors (Lipinski definition) is 0. The van der Waals surface area contributed by atoms with Gasteiger partial charge in [0, 0.05) is 6.42 Å². The Hall–Kier alpha value is -0.973. The molecule has 1 aliphatic heterocycles. The Balaban J connectivity index is 2.11. The summed E-state index contributed by atoms with van der Waals surface area (Å²) in [5, 5.41) is 0.0866. The summed E-state index contributed by atoms with van der Waals surface area (Å²) in [6.07, 6.45) is -0.391. The molecule has 4 heteroatoms. The molecule has 0 bridgehead atoms. The van der Waals surface area contributed by atoms with Crippen LogP contribution in [0.5, 0.6) is 0 Å². The van der Waals surface area contributed by atoms with E-state index in [1.54, 1.807) is 0 Å². The fraction of sp³-hybridized carbons (Fsp3) is 0.611. The minimum atomic E-state index is -1.98. The number of Topliss-reactive ketones (excluding diaryl/α,β-unsaturated/α-hetero) is 1. The van der Waals surface area contributed by atoms with Crippen LogP contribution in [-0.4, -0.2) is 26.3 Å². The Kier molecular flexibility index (Phi) is 4.95. The lowest BCUT2D eigenvalue weighted by Gasteiger charge is -2.42. The van der Waals surface area contributed by atoms with Crippen LogP contribution in [0.1, 0.15) is 45.8 Å². The molecule has 0 aliphatic carbocycles. The third-order valence-corrected chi connectivity index (χ3v) is 9.36. The van der Waals surface area contributed by atoms with Crippen LogP contribution in [0.4, 0.5) is 0 Å². The van der Waals surface area contributed by atoms with Gasteiger partial charge in [0.1, 0.15) is 6.10 Å². The van der Waals surface area contributed by atoms with Crippen molar-refractivity contribution in [3.05, 3.63) is 35.9 Å². The molecule has 2 rings (SSSR count). The van der Waals surface area contributed by atoms with E-state index in [9.17, 15) is 4.79 Å². The van der Waals surface area contributed by atoms with Gasteiger partial charge in [-0.25, -0.2) is 0 Å². The molecule has 22 heavy (non-hydrogen) atoms. The Bertz CT molecular complexity index is 519. The molecular weight excluding hydrogens is 292 g/mol. The summed E-state index contributed by atoms with van der Waals surface area (Å²) in [5.41, 5.74) is 1.06. The van der Waals surface area contributed by atoms with Crippen LogP contribution in [0.2, 0.25) is 18.1 Å². The molecule has 1 aromatic carbocycles. The maximum atomic E-state index is 12.6. The standard InChI is InChI=1S/C18H28O3Si/c1-13-17(21-22(5,6)18(2,3)4)15(19)12-16(20-13)14-10-8-7-9-11-14/h7-11,13,16-17H,12H2,1-6H3/t13-,16+,17-/m0/s1. The normalized spacial score (nSPS) is 27.0. The first-order valence-corrected chi connectivity index (χ1v) is 10.9. The second-order valence-corrected chi connectivity index (χ2v) is 12.5. The van der Waals surface area contributed by atoms with Gasteiger partial charge >= 0.3 is 0 Å².